The van der Waals surface area contributed by atoms with Crippen LogP contribution in [-0.2, 0) is 4.74 Å². The fourth-order valence-corrected chi connectivity index (χ4v) is 3.90. The Morgan fingerprint density at radius 3 is 3.20 bits per heavy atom. The minimum atomic E-state index is -0.175. The van der Waals surface area contributed by atoms with Crippen LogP contribution in [0.4, 0.5) is 0 Å². The number of piperidine rings is 1. The van der Waals surface area contributed by atoms with E-state index in [1.165, 1.54) is 12.5 Å². The Balaban J connectivity index is 1.51. The lowest BCUT2D eigenvalue weighted by Gasteiger charge is -2.50. The second-order valence-electron chi connectivity index (χ2n) is 6.83. The van der Waals surface area contributed by atoms with Gasteiger partial charge in [0.15, 0.2) is 0 Å². The predicted octanol–water partition coefficient (Wildman–Crippen LogP) is 2.76. The number of pyridine rings is 1. The van der Waals surface area contributed by atoms with Crippen molar-refractivity contribution in [3.8, 4) is 5.75 Å². The third kappa shape index (κ3) is 3.26. The molecule has 2 aliphatic heterocycles. The molecule has 0 saturated carbocycles. The van der Waals surface area contributed by atoms with Gasteiger partial charge in [0.25, 0.3) is 5.91 Å². The summed E-state index contributed by atoms with van der Waals surface area (Å²) in [5.74, 6) is 0.762. The van der Waals surface area contributed by atoms with E-state index in [9.17, 15) is 4.79 Å². The molecule has 0 aliphatic carbocycles. The number of fused-ring (bicyclic) bond motifs is 1. The van der Waals surface area contributed by atoms with Crippen molar-refractivity contribution in [2.24, 2.45) is 5.41 Å². The van der Waals surface area contributed by atoms with Crippen LogP contribution in [0.2, 0.25) is 0 Å². The highest BCUT2D eigenvalue weighted by molar-refractivity contribution is 5.93. The largest absolute Gasteiger partial charge is 0.491 e. The van der Waals surface area contributed by atoms with Gasteiger partial charge in [0, 0.05) is 31.3 Å². The first-order chi connectivity index (χ1) is 12.3. The normalized spacial score (nSPS) is 26.1. The zero-order chi connectivity index (χ0) is 17.1. The minimum Gasteiger partial charge on any atom is -0.491 e. The van der Waals surface area contributed by atoms with Crippen molar-refractivity contribution in [2.45, 2.75) is 25.4 Å². The molecule has 0 unspecified atom stereocenters. The number of aromatic nitrogens is 1. The summed E-state index contributed by atoms with van der Waals surface area (Å²) in [5.41, 5.74) is 0.421. The van der Waals surface area contributed by atoms with Crippen LogP contribution >= 0.6 is 0 Å². The van der Waals surface area contributed by atoms with E-state index >= 15 is 0 Å². The summed E-state index contributed by atoms with van der Waals surface area (Å²) in [6.07, 6.45) is 9.42. The molecule has 1 amide bonds. The first-order valence-corrected chi connectivity index (χ1v) is 8.73. The third-order valence-electron chi connectivity index (χ3n) is 5.20. The molecular weight excluding hydrogens is 320 g/mol. The predicted molar refractivity (Wildman–Crippen MR) is 90.4 cm³/mol. The molecule has 6 heteroatoms. The number of hydrogen-bond acceptors (Lipinski definition) is 5. The van der Waals surface area contributed by atoms with Crippen molar-refractivity contribution in [3.05, 3.63) is 48.7 Å². The van der Waals surface area contributed by atoms with Gasteiger partial charge in [-0.2, -0.15) is 0 Å². The van der Waals surface area contributed by atoms with E-state index in [1.807, 2.05) is 17.0 Å². The Hall–Kier alpha value is -2.34. The van der Waals surface area contributed by atoms with Crippen LogP contribution in [0.5, 0.6) is 5.75 Å². The summed E-state index contributed by atoms with van der Waals surface area (Å²) < 4.78 is 17.1. The van der Waals surface area contributed by atoms with Crippen LogP contribution in [0.15, 0.2) is 47.5 Å². The molecule has 2 fully saturated rings. The van der Waals surface area contributed by atoms with Crippen molar-refractivity contribution in [1.82, 2.24) is 9.88 Å². The molecule has 0 spiro atoms. The molecule has 2 atom stereocenters. The fourth-order valence-electron chi connectivity index (χ4n) is 3.90. The van der Waals surface area contributed by atoms with Gasteiger partial charge in [0.1, 0.15) is 12.0 Å². The van der Waals surface area contributed by atoms with Gasteiger partial charge in [-0.25, -0.2) is 0 Å². The Morgan fingerprint density at radius 2 is 2.40 bits per heavy atom. The molecule has 2 aromatic heterocycles. The van der Waals surface area contributed by atoms with Gasteiger partial charge < -0.3 is 18.8 Å². The first kappa shape index (κ1) is 16.1. The second kappa shape index (κ2) is 6.88. The standard InChI is InChI=1S/C19H22N2O4/c22-18(15-5-10-23-12-15)21-8-4-17-19(13-21,6-2-9-24-17)14-25-16-3-1-7-20-11-16/h1,3,5,7,10-12,17H,2,4,6,8-9,13-14H2/t17-,19+/m1/s1. The molecule has 132 valence electrons. The van der Waals surface area contributed by atoms with Crippen LogP contribution in [0.3, 0.4) is 0 Å². The van der Waals surface area contributed by atoms with Crippen molar-refractivity contribution in [3.63, 3.8) is 0 Å². The summed E-state index contributed by atoms with van der Waals surface area (Å²) in [4.78, 5) is 18.7. The lowest BCUT2D eigenvalue weighted by atomic mass is 9.73. The van der Waals surface area contributed by atoms with Gasteiger partial charge in [0.05, 0.1) is 30.7 Å². The molecule has 2 aliphatic rings. The molecule has 0 bridgehead atoms. The van der Waals surface area contributed by atoms with Gasteiger partial charge >= 0.3 is 0 Å². The topological polar surface area (TPSA) is 64.8 Å². The second-order valence-corrected chi connectivity index (χ2v) is 6.83. The first-order valence-electron chi connectivity index (χ1n) is 8.73. The maximum absolute atomic E-state index is 12.7. The van der Waals surface area contributed by atoms with E-state index in [0.717, 1.165) is 31.6 Å². The molecule has 2 aromatic rings. The van der Waals surface area contributed by atoms with Gasteiger partial charge in [-0.15, -0.1) is 0 Å². The van der Waals surface area contributed by atoms with E-state index in [1.54, 1.807) is 18.5 Å². The number of hydrogen-bond donors (Lipinski definition) is 0. The molecule has 4 rings (SSSR count). The van der Waals surface area contributed by atoms with Gasteiger partial charge in [0.2, 0.25) is 0 Å². The minimum absolute atomic E-state index is 0.0125. The van der Waals surface area contributed by atoms with Gasteiger partial charge in [-0.1, -0.05) is 0 Å². The number of ether oxygens (including phenoxy) is 2. The average molecular weight is 342 g/mol. The third-order valence-corrected chi connectivity index (χ3v) is 5.20. The Bertz CT molecular complexity index is 703. The molecule has 2 saturated heterocycles. The SMILES string of the molecule is O=C(c1ccoc1)N1CC[C@H]2OCCC[C@@]2(COc2cccnc2)C1. The molecule has 6 nitrogen and oxygen atoms in total. The van der Waals surface area contributed by atoms with Gasteiger partial charge in [-0.05, 0) is 37.5 Å². The van der Waals surface area contributed by atoms with E-state index in [0.29, 0.717) is 25.3 Å². The number of carbonyl (C=O) groups is 1. The molecule has 25 heavy (non-hydrogen) atoms. The highest BCUT2D eigenvalue weighted by atomic mass is 16.5. The van der Waals surface area contributed by atoms with Gasteiger partial charge in [-0.3, -0.25) is 9.78 Å². The smallest absolute Gasteiger partial charge is 0.257 e. The van der Waals surface area contributed by atoms with Crippen LogP contribution in [0.25, 0.3) is 0 Å². The van der Waals surface area contributed by atoms with E-state index in [-0.39, 0.29) is 17.4 Å². The number of carbonyl (C=O) groups excluding carboxylic acids is 1. The number of amides is 1. The van der Waals surface area contributed by atoms with Crippen LogP contribution < -0.4 is 4.74 Å². The molecule has 0 aromatic carbocycles. The number of nitrogens with zero attached hydrogens (tertiary/aromatic N) is 2. The molecule has 0 N–H and O–H groups in total. The molecule has 0 radical (unpaired) electrons. The summed E-state index contributed by atoms with van der Waals surface area (Å²) in [7, 11) is 0. The number of furan rings is 1. The van der Waals surface area contributed by atoms with Crippen molar-refractivity contribution >= 4 is 5.91 Å². The number of rotatable bonds is 4. The highest BCUT2D eigenvalue weighted by Gasteiger charge is 2.47. The summed E-state index contributed by atoms with van der Waals surface area (Å²) in [6, 6.07) is 5.47. The lowest BCUT2D eigenvalue weighted by molar-refractivity contribution is -0.133. The lowest BCUT2D eigenvalue weighted by Crippen LogP contribution is -2.58. The zero-order valence-corrected chi connectivity index (χ0v) is 14.1. The van der Waals surface area contributed by atoms with Crippen LogP contribution in [-0.4, -0.2) is 48.2 Å². The monoisotopic (exact) mass is 342 g/mol. The van der Waals surface area contributed by atoms with Crippen molar-refractivity contribution in [1.29, 1.82) is 0 Å². The Labute approximate surface area is 146 Å². The van der Waals surface area contributed by atoms with E-state index < -0.39 is 0 Å². The zero-order valence-electron chi connectivity index (χ0n) is 14.1. The van der Waals surface area contributed by atoms with Crippen molar-refractivity contribution < 1.29 is 18.7 Å². The molecular formula is C19H22N2O4. The summed E-state index contributed by atoms with van der Waals surface area (Å²) in [6.45, 7) is 2.65. The highest BCUT2D eigenvalue weighted by Crippen LogP contribution is 2.41. The fraction of sp³-hybridized carbons (Fsp3) is 0.474. The maximum Gasteiger partial charge on any atom is 0.257 e. The Kier molecular flexibility index (Phi) is 4.44. The van der Waals surface area contributed by atoms with Crippen LogP contribution in [0, 0.1) is 5.41 Å². The summed E-state index contributed by atoms with van der Waals surface area (Å²) >= 11 is 0. The number of likely N-dealkylation sites (tertiary alicyclic amines) is 1. The molecule has 4 heterocycles. The Morgan fingerprint density at radius 1 is 1.44 bits per heavy atom. The van der Waals surface area contributed by atoms with E-state index in [4.69, 9.17) is 13.9 Å². The maximum atomic E-state index is 12.7. The van der Waals surface area contributed by atoms with Crippen LogP contribution in [0.1, 0.15) is 29.6 Å². The van der Waals surface area contributed by atoms with E-state index in [2.05, 4.69) is 4.98 Å². The average Bonchev–Trinajstić information content (AvgIpc) is 3.21. The summed E-state index contributed by atoms with van der Waals surface area (Å²) in [5, 5.41) is 0. The van der Waals surface area contributed by atoms with Crippen molar-refractivity contribution in [2.75, 3.05) is 26.3 Å². The quantitative estimate of drug-likeness (QED) is 0.855.